The molecule has 2 unspecified atom stereocenters. The summed E-state index contributed by atoms with van der Waals surface area (Å²) in [5.41, 5.74) is 1.28. The van der Waals surface area contributed by atoms with Crippen LogP contribution in [0.1, 0.15) is 48.5 Å². The van der Waals surface area contributed by atoms with Crippen LogP contribution in [0.3, 0.4) is 0 Å². The SMILES string of the molecule is CCOC1CC(N(C)C(=O)NCc2ccc(C(=O)O)cc2)C12CCC2. The van der Waals surface area contributed by atoms with Crippen molar-refractivity contribution in [3.8, 4) is 0 Å². The molecular formula is C19H26N2O4. The molecule has 0 radical (unpaired) electrons. The molecule has 0 bridgehead atoms. The number of rotatable bonds is 6. The standard InChI is InChI=1S/C19H26N2O4/c1-3-25-16-11-15(19(16)9-4-10-19)21(2)18(24)20-12-13-5-7-14(8-6-13)17(22)23/h5-8,15-16H,3-4,9-12H2,1-2H3,(H,20,24)(H,22,23). The van der Waals surface area contributed by atoms with Gasteiger partial charge in [-0.1, -0.05) is 18.6 Å². The minimum absolute atomic E-state index is 0.0893. The molecular weight excluding hydrogens is 320 g/mol. The molecule has 2 aliphatic carbocycles. The number of urea groups is 1. The van der Waals surface area contributed by atoms with E-state index in [-0.39, 0.29) is 29.2 Å². The molecule has 6 nitrogen and oxygen atoms in total. The van der Waals surface area contributed by atoms with E-state index in [1.807, 2.05) is 18.9 Å². The first-order chi connectivity index (χ1) is 12.0. The number of nitrogens with zero attached hydrogens (tertiary/aromatic N) is 1. The summed E-state index contributed by atoms with van der Waals surface area (Å²) < 4.78 is 5.85. The Morgan fingerprint density at radius 1 is 1.32 bits per heavy atom. The van der Waals surface area contributed by atoms with Crippen molar-refractivity contribution < 1.29 is 19.4 Å². The first-order valence-electron chi connectivity index (χ1n) is 8.92. The predicted molar refractivity (Wildman–Crippen MR) is 93.5 cm³/mol. The van der Waals surface area contributed by atoms with Gasteiger partial charge in [-0.3, -0.25) is 0 Å². The lowest BCUT2D eigenvalue weighted by Gasteiger charge is -2.63. The fraction of sp³-hybridized carbons (Fsp3) is 0.579. The van der Waals surface area contributed by atoms with Gasteiger partial charge in [-0.25, -0.2) is 9.59 Å². The summed E-state index contributed by atoms with van der Waals surface area (Å²) in [4.78, 5) is 25.2. The summed E-state index contributed by atoms with van der Waals surface area (Å²) in [5, 5.41) is 11.8. The Morgan fingerprint density at radius 2 is 2.00 bits per heavy atom. The highest BCUT2D eigenvalue weighted by atomic mass is 16.5. The second-order valence-electron chi connectivity index (χ2n) is 7.05. The van der Waals surface area contributed by atoms with Gasteiger partial charge in [-0.2, -0.15) is 0 Å². The zero-order valence-electron chi connectivity index (χ0n) is 14.8. The first kappa shape index (κ1) is 17.7. The van der Waals surface area contributed by atoms with E-state index in [4.69, 9.17) is 9.84 Å². The van der Waals surface area contributed by atoms with Crippen LogP contribution in [0, 0.1) is 5.41 Å². The number of benzene rings is 1. The van der Waals surface area contributed by atoms with E-state index < -0.39 is 5.97 Å². The van der Waals surface area contributed by atoms with Crippen molar-refractivity contribution in [2.24, 2.45) is 5.41 Å². The van der Waals surface area contributed by atoms with Crippen molar-refractivity contribution in [1.29, 1.82) is 0 Å². The molecule has 25 heavy (non-hydrogen) atoms. The third-order valence-corrected chi connectivity index (χ3v) is 5.83. The van der Waals surface area contributed by atoms with E-state index in [0.29, 0.717) is 6.54 Å². The van der Waals surface area contributed by atoms with Gasteiger partial charge >= 0.3 is 12.0 Å². The van der Waals surface area contributed by atoms with E-state index >= 15 is 0 Å². The van der Waals surface area contributed by atoms with E-state index in [1.165, 1.54) is 6.42 Å². The van der Waals surface area contributed by atoms with Gasteiger partial charge in [-0.05, 0) is 43.9 Å². The lowest BCUT2D eigenvalue weighted by molar-refractivity contribution is -0.191. The monoisotopic (exact) mass is 346 g/mol. The zero-order chi connectivity index (χ0) is 18.0. The molecule has 2 saturated carbocycles. The third-order valence-electron chi connectivity index (χ3n) is 5.83. The summed E-state index contributed by atoms with van der Waals surface area (Å²) in [7, 11) is 1.86. The van der Waals surface area contributed by atoms with Crippen molar-refractivity contribution in [3.05, 3.63) is 35.4 Å². The molecule has 0 aliphatic heterocycles. The molecule has 3 rings (SSSR count). The smallest absolute Gasteiger partial charge is 0.335 e. The molecule has 2 atom stereocenters. The molecule has 0 aromatic heterocycles. The van der Waals surface area contributed by atoms with Gasteiger partial charge in [-0.15, -0.1) is 0 Å². The maximum atomic E-state index is 12.5. The second-order valence-corrected chi connectivity index (χ2v) is 7.05. The van der Waals surface area contributed by atoms with Crippen LogP contribution in [-0.2, 0) is 11.3 Å². The average Bonchev–Trinajstić information content (AvgIpc) is 2.54. The van der Waals surface area contributed by atoms with Gasteiger partial charge in [0.1, 0.15) is 0 Å². The van der Waals surface area contributed by atoms with Gasteiger partial charge in [0.05, 0.1) is 11.7 Å². The van der Waals surface area contributed by atoms with E-state index in [1.54, 1.807) is 24.3 Å². The van der Waals surface area contributed by atoms with Crippen LogP contribution in [0.5, 0.6) is 0 Å². The number of carbonyl (C=O) groups excluding carboxylic acids is 1. The summed E-state index contributed by atoms with van der Waals surface area (Å²) in [6.45, 7) is 3.13. The first-order valence-corrected chi connectivity index (χ1v) is 8.92. The number of carboxylic acid groups (broad SMARTS) is 1. The molecule has 2 N–H and O–H groups in total. The number of hydrogen-bond acceptors (Lipinski definition) is 3. The Kier molecular flexibility index (Phi) is 4.99. The van der Waals surface area contributed by atoms with Gasteiger partial charge < -0.3 is 20.1 Å². The van der Waals surface area contributed by atoms with E-state index in [9.17, 15) is 9.59 Å². The largest absolute Gasteiger partial charge is 0.478 e. The molecule has 1 aromatic carbocycles. The van der Waals surface area contributed by atoms with Crippen LogP contribution < -0.4 is 5.32 Å². The average molecular weight is 346 g/mol. The zero-order valence-corrected chi connectivity index (χ0v) is 14.8. The van der Waals surface area contributed by atoms with E-state index in [0.717, 1.165) is 31.4 Å². The number of carbonyl (C=O) groups is 2. The van der Waals surface area contributed by atoms with Crippen molar-refractivity contribution in [2.45, 2.75) is 51.3 Å². The molecule has 0 heterocycles. The number of hydrogen-bond donors (Lipinski definition) is 2. The van der Waals surface area contributed by atoms with Crippen molar-refractivity contribution >= 4 is 12.0 Å². The molecule has 136 valence electrons. The van der Waals surface area contributed by atoms with Gasteiger partial charge in [0, 0.05) is 31.7 Å². The van der Waals surface area contributed by atoms with Crippen LogP contribution in [0.2, 0.25) is 0 Å². The van der Waals surface area contributed by atoms with Gasteiger partial charge in [0.25, 0.3) is 0 Å². The highest BCUT2D eigenvalue weighted by Crippen LogP contribution is 2.58. The highest BCUT2D eigenvalue weighted by Gasteiger charge is 2.60. The minimum atomic E-state index is -0.949. The minimum Gasteiger partial charge on any atom is -0.478 e. The van der Waals surface area contributed by atoms with Crippen LogP contribution >= 0.6 is 0 Å². The van der Waals surface area contributed by atoms with Crippen molar-refractivity contribution in [1.82, 2.24) is 10.2 Å². The fourth-order valence-electron chi connectivity index (χ4n) is 4.15. The van der Waals surface area contributed by atoms with Gasteiger partial charge in [0.2, 0.25) is 0 Å². The maximum absolute atomic E-state index is 12.5. The van der Waals surface area contributed by atoms with Gasteiger partial charge in [0.15, 0.2) is 0 Å². The lowest BCUT2D eigenvalue weighted by Crippen LogP contribution is -2.68. The quantitative estimate of drug-likeness (QED) is 0.830. The molecule has 2 fully saturated rings. The van der Waals surface area contributed by atoms with Crippen molar-refractivity contribution in [2.75, 3.05) is 13.7 Å². The number of aromatic carboxylic acids is 1. The van der Waals surface area contributed by atoms with E-state index in [2.05, 4.69) is 5.32 Å². The summed E-state index contributed by atoms with van der Waals surface area (Å²) in [5.74, 6) is -0.949. The normalized spacial score (nSPS) is 23.4. The molecule has 1 spiro atoms. The number of amides is 2. The lowest BCUT2D eigenvalue weighted by atomic mass is 9.50. The molecule has 1 aromatic rings. The topological polar surface area (TPSA) is 78.9 Å². The number of nitrogens with one attached hydrogen (secondary N) is 1. The Balaban J connectivity index is 1.54. The third kappa shape index (κ3) is 3.23. The molecule has 2 amide bonds. The Bertz CT molecular complexity index is 639. The Hall–Kier alpha value is -2.08. The maximum Gasteiger partial charge on any atom is 0.335 e. The second kappa shape index (κ2) is 7.04. The highest BCUT2D eigenvalue weighted by molar-refractivity contribution is 5.87. The molecule has 6 heteroatoms. The summed E-state index contributed by atoms with van der Waals surface area (Å²) in [6, 6.07) is 6.71. The van der Waals surface area contributed by atoms with Crippen LogP contribution in [-0.4, -0.2) is 47.8 Å². The Labute approximate surface area is 148 Å². The van der Waals surface area contributed by atoms with Crippen molar-refractivity contribution in [3.63, 3.8) is 0 Å². The molecule has 0 saturated heterocycles. The predicted octanol–water partition coefficient (Wildman–Crippen LogP) is 2.87. The number of carboxylic acids is 1. The number of ether oxygens (including phenoxy) is 1. The summed E-state index contributed by atoms with van der Waals surface area (Å²) in [6.07, 6.45) is 4.68. The molecule has 2 aliphatic rings. The van der Waals surface area contributed by atoms with Crippen LogP contribution in [0.25, 0.3) is 0 Å². The van der Waals surface area contributed by atoms with Crippen LogP contribution in [0.15, 0.2) is 24.3 Å². The van der Waals surface area contributed by atoms with Crippen LogP contribution in [0.4, 0.5) is 4.79 Å². The fourth-order valence-corrected chi connectivity index (χ4v) is 4.15. The summed E-state index contributed by atoms with van der Waals surface area (Å²) >= 11 is 0. The Morgan fingerprint density at radius 3 is 2.52 bits per heavy atom.